The second-order valence-corrected chi connectivity index (χ2v) is 9.28. The van der Waals surface area contributed by atoms with Crippen LogP contribution in [0.2, 0.25) is 0 Å². The van der Waals surface area contributed by atoms with E-state index in [0.717, 1.165) is 18.4 Å². The van der Waals surface area contributed by atoms with Crippen molar-refractivity contribution in [2.24, 2.45) is 11.8 Å². The van der Waals surface area contributed by atoms with Crippen LogP contribution in [0.1, 0.15) is 49.0 Å². The van der Waals surface area contributed by atoms with Crippen LogP contribution in [0.15, 0.2) is 54.6 Å². The van der Waals surface area contributed by atoms with Crippen molar-refractivity contribution >= 4 is 17.6 Å². The molecule has 2 aromatic carbocycles. The predicted octanol–water partition coefficient (Wildman–Crippen LogP) is 2.91. The van der Waals surface area contributed by atoms with Gasteiger partial charge in [0.2, 0.25) is 5.91 Å². The number of carbonyl (C=O) groups excluding carboxylic acids is 3. The first-order chi connectivity index (χ1) is 16.3. The van der Waals surface area contributed by atoms with E-state index >= 15 is 0 Å². The molecule has 2 aromatic rings. The molecule has 3 N–H and O–H groups in total. The molecular weight excluding hydrogens is 432 g/mol. The second-order valence-electron chi connectivity index (χ2n) is 9.28. The number of rotatable bonds is 12. The van der Waals surface area contributed by atoms with Gasteiger partial charge in [0.1, 0.15) is 11.9 Å². The average Bonchev–Trinajstić information content (AvgIpc) is 3.65. The number of benzene rings is 2. The molecule has 0 spiro atoms. The van der Waals surface area contributed by atoms with Gasteiger partial charge in [0, 0.05) is 23.9 Å². The summed E-state index contributed by atoms with van der Waals surface area (Å²) >= 11 is 0. The summed E-state index contributed by atoms with van der Waals surface area (Å²) in [5.74, 6) is -1.27. The third-order valence-corrected chi connectivity index (χ3v) is 6.08. The number of amides is 2. The van der Waals surface area contributed by atoms with Crippen molar-refractivity contribution in [3.63, 3.8) is 0 Å². The minimum Gasteiger partial charge on any atom is -0.497 e. The third-order valence-electron chi connectivity index (χ3n) is 6.08. The fourth-order valence-electron chi connectivity index (χ4n) is 3.93. The van der Waals surface area contributed by atoms with E-state index in [1.807, 2.05) is 44.2 Å². The SMILES string of the molecule is COc1cccc(C(=O)N[C@H](C(=O)CC(Cc2ccccc2)C(O)C(=O)NC2CC2)C(C)C)c1. The maximum Gasteiger partial charge on any atom is 0.252 e. The fraction of sp³-hybridized carbons (Fsp3) is 0.444. The summed E-state index contributed by atoms with van der Waals surface area (Å²) in [6.45, 7) is 3.72. The number of hydrogen-bond acceptors (Lipinski definition) is 5. The zero-order valence-corrected chi connectivity index (χ0v) is 20.0. The molecule has 2 unspecified atom stereocenters. The van der Waals surface area contributed by atoms with Crippen molar-refractivity contribution in [1.82, 2.24) is 10.6 Å². The molecule has 3 rings (SSSR count). The summed E-state index contributed by atoms with van der Waals surface area (Å²) in [5.41, 5.74) is 1.32. The quantitative estimate of drug-likeness (QED) is 0.446. The van der Waals surface area contributed by atoms with E-state index in [-0.39, 0.29) is 30.1 Å². The Morgan fingerprint density at radius 2 is 1.76 bits per heavy atom. The summed E-state index contributed by atoms with van der Waals surface area (Å²) in [5, 5.41) is 16.5. The summed E-state index contributed by atoms with van der Waals surface area (Å²) in [6.07, 6.45) is 0.848. The number of ketones is 1. The lowest BCUT2D eigenvalue weighted by atomic mass is 9.85. The van der Waals surface area contributed by atoms with E-state index in [1.165, 1.54) is 7.11 Å². The smallest absolute Gasteiger partial charge is 0.252 e. The highest BCUT2D eigenvalue weighted by molar-refractivity contribution is 5.98. The third kappa shape index (κ3) is 7.15. The monoisotopic (exact) mass is 466 g/mol. The topological polar surface area (TPSA) is 105 Å². The summed E-state index contributed by atoms with van der Waals surface area (Å²) < 4.78 is 5.18. The van der Waals surface area contributed by atoms with E-state index in [0.29, 0.717) is 17.7 Å². The number of aliphatic hydroxyl groups is 1. The number of nitrogens with one attached hydrogen (secondary N) is 2. The van der Waals surface area contributed by atoms with Gasteiger partial charge in [-0.25, -0.2) is 0 Å². The lowest BCUT2D eigenvalue weighted by Gasteiger charge is -2.26. The van der Waals surface area contributed by atoms with E-state index in [1.54, 1.807) is 24.3 Å². The number of hydrogen-bond donors (Lipinski definition) is 3. The highest BCUT2D eigenvalue weighted by Gasteiger charge is 2.34. The Bertz CT molecular complexity index is 988. The van der Waals surface area contributed by atoms with Crippen molar-refractivity contribution in [3.8, 4) is 5.75 Å². The Kier molecular flexibility index (Phi) is 8.82. The molecule has 1 aliphatic rings. The van der Waals surface area contributed by atoms with E-state index in [2.05, 4.69) is 10.6 Å². The van der Waals surface area contributed by atoms with Crippen molar-refractivity contribution < 1.29 is 24.2 Å². The molecule has 3 atom stereocenters. The van der Waals surface area contributed by atoms with E-state index in [9.17, 15) is 19.5 Å². The lowest BCUT2D eigenvalue weighted by molar-refractivity contribution is -0.133. The van der Waals surface area contributed by atoms with Gasteiger partial charge < -0.3 is 20.5 Å². The Balaban J connectivity index is 1.74. The highest BCUT2D eigenvalue weighted by Crippen LogP contribution is 2.23. The molecule has 0 heterocycles. The number of ether oxygens (including phenoxy) is 1. The molecule has 0 bridgehead atoms. The molecule has 7 heteroatoms. The van der Waals surface area contributed by atoms with Gasteiger partial charge in [-0.15, -0.1) is 0 Å². The molecule has 7 nitrogen and oxygen atoms in total. The lowest BCUT2D eigenvalue weighted by Crippen LogP contribution is -2.47. The number of carbonyl (C=O) groups is 3. The maximum atomic E-state index is 13.4. The largest absolute Gasteiger partial charge is 0.497 e. The molecular formula is C27H34N2O5. The van der Waals surface area contributed by atoms with Gasteiger partial charge in [0.15, 0.2) is 5.78 Å². The first kappa shape index (κ1) is 25.4. The van der Waals surface area contributed by atoms with Crippen molar-refractivity contribution in [1.29, 1.82) is 0 Å². The number of aliphatic hydroxyl groups excluding tert-OH is 1. The Hall–Kier alpha value is -3.19. The average molecular weight is 467 g/mol. The molecule has 0 saturated heterocycles. The number of methoxy groups -OCH3 is 1. The van der Waals surface area contributed by atoms with Gasteiger partial charge in [-0.1, -0.05) is 50.2 Å². The van der Waals surface area contributed by atoms with Gasteiger partial charge >= 0.3 is 0 Å². The van der Waals surface area contributed by atoms with E-state index < -0.39 is 24.0 Å². The van der Waals surface area contributed by atoms with Crippen LogP contribution in [0.3, 0.4) is 0 Å². The van der Waals surface area contributed by atoms with Crippen LogP contribution in [0.5, 0.6) is 5.75 Å². The van der Waals surface area contributed by atoms with Gasteiger partial charge in [0.25, 0.3) is 5.91 Å². The molecule has 1 saturated carbocycles. The summed E-state index contributed by atoms with van der Waals surface area (Å²) in [4.78, 5) is 38.8. The second kappa shape index (κ2) is 11.8. The Labute approximate surface area is 200 Å². The van der Waals surface area contributed by atoms with Gasteiger partial charge in [-0.3, -0.25) is 14.4 Å². The van der Waals surface area contributed by atoms with Crippen molar-refractivity contribution in [3.05, 3.63) is 65.7 Å². The Morgan fingerprint density at radius 3 is 2.38 bits per heavy atom. The standard InChI is InChI=1S/C27H34N2O5/c1-17(2)24(29-26(32)19-10-7-11-22(15-19)34-3)23(30)16-20(14-18-8-5-4-6-9-18)25(31)27(33)28-21-12-13-21/h4-11,15,17,20-21,24-25,31H,12-14,16H2,1-3H3,(H,28,33)(H,29,32)/t20?,24-,25?/m0/s1. The zero-order valence-electron chi connectivity index (χ0n) is 20.0. The minimum atomic E-state index is -1.31. The zero-order chi connectivity index (χ0) is 24.7. The first-order valence-electron chi connectivity index (χ1n) is 11.8. The molecule has 2 amide bonds. The normalized spacial score (nSPS) is 15.8. The number of Topliss-reactive ketones (excluding diaryl/α,β-unsaturated/α-hetero) is 1. The van der Waals surface area contributed by atoms with E-state index in [4.69, 9.17) is 4.74 Å². The maximum absolute atomic E-state index is 13.4. The molecule has 34 heavy (non-hydrogen) atoms. The Morgan fingerprint density at radius 1 is 1.06 bits per heavy atom. The van der Waals surface area contributed by atoms with Crippen LogP contribution >= 0.6 is 0 Å². The van der Waals surface area contributed by atoms with Crippen molar-refractivity contribution in [2.75, 3.05) is 7.11 Å². The van der Waals surface area contributed by atoms with Gasteiger partial charge in [-0.2, -0.15) is 0 Å². The van der Waals surface area contributed by atoms with Crippen LogP contribution in [-0.4, -0.2) is 48.0 Å². The van der Waals surface area contributed by atoms with Crippen LogP contribution in [0.25, 0.3) is 0 Å². The first-order valence-corrected chi connectivity index (χ1v) is 11.8. The van der Waals surface area contributed by atoms with Crippen LogP contribution in [0, 0.1) is 11.8 Å². The van der Waals surface area contributed by atoms with Gasteiger partial charge in [0.05, 0.1) is 13.2 Å². The fourth-order valence-corrected chi connectivity index (χ4v) is 3.93. The molecule has 0 aromatic heterocycles. The van der Waals surface area contributed by atoms with Gasteiger partial charge in [-0.05, 0) is 48.9 Å². The molecule has 1 aliphatic carbocycles. The summed E-state index contributed by atoms with van der Waals surface area (Å²) in [7, 11) is 1.52. The molecule has 1 fully saturated rings. The molecule has 0 aliphatic heterocycles. The minimum absolute atomic E-state index is 0.0324. The van der Waals surface area contributed by atoms with Crippen LogP contribution < -0.4 is 15.4 Å². The van der Waals surface area contributed by atoms with Crippen LogP contribution in [0.4, 0.5) is 0 Å². The molecule has 0 radical (unpaired) electrons. The van der Waals surface area contributed by atoms with Crippen molar-refractivity contribution in [2.45, 2.75) is 57.7 Å². The predicted molar refractivity (Wildman–Crippen MR) is 130 cm³/mol. The molecule has 182 valence electrons. The highest BCUT2D eigenvalue weighted by atomic mass is 16.5. The van der Waals surface area contributed by atoms with Crippen LogP contribution in [-0.2, 0) is 16.0 Å². The summed E-state index contributed by atoms with van der Waals surface area (Å²) in [6, 6.07) is 15.6.